The van der Waals surface area contributed by atoms with Gasteiger partial charge in [-0.2, -0.15) is 0 Å². The van der Waals surface area contributed by atoms with E-state index in [9.17, 15) is 14.4 Å². The molecule has 24 heavy (non-hydrogen) atoms. The molecule has 3 rings (SSSR count). The predicted octanol–water partition coefficient (Wildman–Crippen LogP) is 2.58. The molecule has 0 saturated carbocycles. The first-order chi connectivity index (χ1) is 11.5. The fraction of sp³-hybridized carbons (Fsp3) is 0.222. The molecule has 1 aliphatic rings. The monoisotopic (exact) mass is 324 g/mol. The molecule has 1 aromatic heterocycles. The molecule has 6 heteroatoms. The quantitative estimate of drug-likeness (QED) is 0.808. The van der Waals surface area contributed by atoms with Gasteiger partial charge < -0.3 is 4.84 Å². The highest BCUT2D eigenvalue weighted by molar-refractivity contribution is 6.20. The minimum absolute atomic E-state index is 0.0740. The molecular weight excluding hydrogens is 308 g/mol. The normalized spacial score (nSPS) is 14.7. The third-order valence-electron chi connectivity index (χ3n) is 3.92. The highest BCUT2D eigenvalue weighted by atomic mass is 16.7. The maximum atomic E-state index is 12.6. The Bertz CT molecular complexity index is 767. The topological polar surface area (TPSA) is 76.6 Å². The summed E-state index contributed by atoms with van der Waals surface area (Å²) in [5.41, 5.74) is 1.20. The van der Waals surface area contributed by atoms with E-state index < -0.39 is 23.7 Å². The van der Waals surface area contributed by atoms with Crippen LogP contribution >= 0.6 is 0 Å². The Kier molecular flexibility index (Phi) is 4.12. The molecule has 0 radical (unpaired) electrons. The van der Waals surface area contributed by atoms with Crippen molar-refractivity contribution in [1.82, 2.24) is 10.0 Å². The van der Waals surface area contributed by atoms with Crippen LogP contribution in [0.2, 0.25) is 0 Å². The van der Waals surface area contributed by atoms with E-state index >= 15 is 0 Å². The first-order valence-electron chi connectivity index (χ1n) is 7.60. The molecule has 2 amide bonds. The van der Waals surface area contributed by atoms with Crippen LogP contribution in [-0.4, -0.2) is 27.8 Å². The second kappa shape index (κ2) is 6.23. The molecule has 1 aliphatic heterocycles. The molecule has 0 saturated heterocycles. The average Bonchev–Trinajstić information content (AvgIpc) is 2.81. The number of fused-ring (bicyclic) bond motifs is 1. The number of carbonyl (C=O) groups excluding carboxylic acids is 3. The van der Waals surface area contributed by atoms with Gasteiger partial charge in [0.25, 0.3) is 11.8 Å². The smallest absolute Gasteiger partial charge is 0.329 e. The van der Waals surface area contributed by atoms with E-state index in [1.807, 2.05) is 13.8 Å². The number of nitrogens with zero attached hydrogens (tertiary/aromatic N) is 2. The second-order valence-corrected chi connectivity index (χ2v) is 5.86. The summed E-state index contributed by atoms with van der Waals surface area (Å²) >= 11 is 0. The molecule has 0 bridgehead atoms. The van der Waals surface area contributed by atoms with Gasteiger partial charge in [0.05, 0.1) is 17.0 Å². The standard InChI is InChI=1S/C18H16N2O4/c1-11(2)15(12-7-9-19-10-8-12)18(23)24-20-16(21)13-5-3-4-6-14(13)17(20)22/h3-11,15H,1-2H3. The molecule has 0 N–H and O–H groups in total. The highest BCUT2D eigenvalue weighted by Gasteiger charge is 2.40. The number of carbonyl (C=O) groups is 3. The van der Waals surface area contributed by atoms with Crippen molar-refractivity contribution < 1.29 is 19.2 Å². The number of imide groups is 1. The highest BCUT2D eigenvalue weighted by Crippen LogP contribution is 2.28. The molecule has 2 aromatic rings. The molecule has 2 heterocycles. The molecule has 0 aliphatic carbocycles. The number of aromatic nitrogens is 1. The zero-order valence-corrected chi connectivity index (χ0v) is 13.3. The van der Waals surface area contributed by atoms with Gasteiger partial charge in [0.15, 0.2) is 0 Å². The molecule has 1 aromatic carbocycles. The molecule has 1 unspecified atom stereocenters. The van der Waals surface area contributed by atoms with Crippen LogP contribution in [-0.2, 0) is 9.63 Å². The average molecular weight is 324 g/mol. The van der Waals surface area contributed by atoms with E-state index in [2.05, 4.69) is 4.98 Å². The van der Waals surface area contributed by atoms with Crippen LogP contribution < -0.4 is 0 Å². The van der Waals surface area contributed by atoms with Crippen LogP contribution in [0.25, 0.3) is 0 Å². The molecule has 1 atom stereocenters. The number of benzene rings is 1. The predicted molar refractivity (Wildman–Crippen MR) is 84.9 cm³/mol. The Morgan fingerprint density at radius 2 is 1.54 bits per heavy atom. The lowest BCUT2D eigenvalue weighted by atomic mass is 9.89. The van der Waals surface area contributed by atoms with Gasteiger partial charge in [-0.1, -0.05) is 31.0 Å². The van der Waals surface area contributed by atoms with Crippen molar-refractivity contribution in [3.63, 3.8) is 0 Å². The van der Waals surface area contributed by atoms with Crippen molar-refractivity contribution in [1.29, 1.82) is 0 Å². The Hall–Kier alpha value is -3.02. The van der Waals surface area contributed by atoms with E-state index in [1.54, 1.807) is 36.7 Å². The maximum Gasteiger partial charge on any atom is 0.340 e. The van der Waals surface area contributed by atoms with Crippen LogP contribution in [0.3, 0.4) is 0 Å². The van der Waals surface area contributed by atoms with E-state index in [0.717, 1.165) is 5.56 Å². The number of hydrogen-bond donors (Lipinski definition) is 0. The zero-order valence-electron chi connectivity index (χ0n) is 13.3. The van der Waals surface area contributed by atoms with Crippen LogP contribution in [0.15, 0.2) is 48.8 Å². The van der Waals surface area contributed by atoms with Gasteiger partial charge in [0.2, 0.25) is 0 Å². The van der Waals surface area contributed by atoms with Crippen molar-refractivity contribution >= 4 is 17.8 Å². The largest absolute Gasteiger partial charge is 0.340 e. The number of pyridine rings is 1. The van der Waals surface area contributed by atoms with E-state index in [0.29, 0.717) is 5.06 Å². The third kappa shape index (κ3) is 2.67. The molecular formula is C18H16N2O4. The minimum Gasteiger partial charge on any atom is -0.329 e. The fourth-order valence-corrected chi connectivity index (χ4v) is 2.76. The van der Waals surface area contributed by atoms with Crippen molar-refractivity contribution in [2.45, 2.75) is 19.8 Å². The van der Waals surface area contributed by atoms with Crippen LogP contribution in [0, 0.1) is 5.92 Å². The van der Waals surface area contributed by atoms with Gasteiger partial charge in [-0.3, -0.25) is 14.6 Å². The van der Waals surface area contributed by atoms with Gasteiger partial charge in [-0.15, -0.1) is 0 Å². The Morgan fingerprint density at radius 3 is 2.04 bits per heavy atom. The van der Waals surface area contributed by atoms with E-state index in [4.69, 9.17) is 4.84 Å². The SMILES string of the molecule is CC(C)C(C(=O)ON1C(=O)c2ccccc2C1=O)c1ccncc1. The van der Waals surface area contributed by atoms with Crippen molar-refractivity contribution in [3.8, 4) is 0 Å². The summed E-state index contributed by atoms with van der Waals surface area (Å²) in [6.45, 7) is 3.74. The third-order valence-corrected chi connectivity index (χ3v) is 3.92. The summed E-state index contributed by atoms with van der Waals surface area (Å²) in [7, 11) is 0. The lowest BCUT2D eigenvalue weighted by molar-refractivity contribution is -0.171. The number of amides is 2. The molecule has 0 spiro atoms. The summed E-state index contributed by atoms with van der Waals surface area (Å²) in [4.78, 5) is 46.3. The Morgan fingerprint density at radius 1 is 1.00 bits per heavy atom. The van der Waals surface area contributed by atoms with E-state index in [1.165, 1.54) is 12.1 Å². The van der Waals surface area contributed by atoms with Crippen LogP contribution in [0.4, 0.5) is 0 Å². The number of hydrogen-bond acceptors (Lipinski definition) is 5. The summed E-state index contributed by atoms with van der Waals surface area (Å²) < 4.78 is 0. The van der Waals surface area contributed by atoms with Gasteiger partial charge >= 0.3 is 5.97 Å². The fourth-order valence-electron chi connectivity index (χ4n) is 2.76. The minimum atomic E-state index is -0.647. The second-order valence-electron chi connectivity index (χ2n) is 5.86. The number of hydroxylamine groups is 2. The van der Waals surface area contributed by atoms with Crippen molar-refractivity contribution in [2.75, 3.05) is 0 Å². The molecule has 122 valence electrons. The van der Waals surface area contributed by atoms with Gasteiger partial charge in [-0.25, -0.2) is 4.79 Å². The van der Waals surface area contributed by atoms with Gasteiger partial charge in [0, 0.05) is 12.4 Å². The Labute approximate surface area is 139 Å². The lowest BCUT2D eigenvalue weighted by Gasteiger charge is -2.21. The number of rotatable bonds is 4. The molecule has 0 fully saturated rings. The summed E-state index contributed by atoms with van der Waals surface area (Å²) in [6.07, 6.45) is 3.17. The summed E-state index contributed by atoms with van der Waals surface area (Å²) in [5, 5.41) is 0.545. The first kappa shape index (κ1) is 15.9. The maximum absolute atomic E-state index is 12.6. The summed E-state index contributed by atoms with van der Waals surface area (Å²) in [5.74, 6) is -2.57. The zero-order chi connectivity index (χ0) is 17.3. The van der Waals surface area contributed by atoms with Gasteiger partial charge in [0.1, 0.15) is 0 Å². The Balaban J connectivity index is 1.84. The van der Waals surface area contributed by atoms with Gasteiger partial charge in [-0.05, 0) is 35.7 Å². The molecule has 6 nitrogen and oxygen atoms in total. The first-order valence-corrected chi connectivity index (χ1v) is 7.60. The lowest BCUT2D eigenvalue weighted by Crippen LogP contribution is -2.35. The van der Waals surface area contributed by atoms with Crippen molar-refractivity contribution in [3.05, 3.63) is 65.5 Å². The van der Waals surface area contributed by atoms with Crippen LogP contribution in [0.1, 0.15) is 46.0 Å². The summed E-state index contributed by atoms with van der Waals surface area (Å²) in [6, 6.07) is 9.81. The van der Waals surface area contributed by atoms with Crippen molar-refractivity contribution in [2.24, 2.45) is 5.92 Å². The van der Waals surface area contributed by atoms with E-state index in [-0.39, 0.29) is 17.0 Å². The van der Waals surface area contributed by atoms with Crippen LogP contribution in [0.5, 0.6) is 0 Å².